The second kappa shape index (κ2) is 6.67. The zero-order chi connectivity index (χ0) is 14.7. The zero-order valence-corrected chi connectivity index (χ0v) is 12.9. The molecule has 4 nitrogen and oxygen atoms in total. The fraction of sp³-hybridized carbons (Fsp3) is 0.647. The highest BCUT2D eigenvalue weighted by Gasteiger charge is 2.25. The van der Waals surface area contributed by atoms with Crippen molar-refractivity contribution in [2.24, 2.45) is 11.7 Å². The van der Waals surface area contributed by atoms with E-state index in [1.54, 1.807) is 0 Å². The first kappa shape index (κ1) is 14.7. The standard InChI is InChI=1S/C17H26N2O2/c1-2-13-5-7-19(8-6-13)15(12-18)14-3-4-16-17(11-14)21-10-9-20-16/h3-4,11,13,15H,2,5-10,12,18H2,1H3. The molecule has 0 aliphatic carbocycles. The van der Waals surface area contributed by atoms with Crippen LogP contribution in [0.4, 0.5) is 0 Å². The van der Waals surface area contributed by atoms with Gasteiger partial charge in [0.2, 0.25) is 0 Å². The first-order valence-electron chi connectivity index (χ1n) is 8.15. The molecule has 2 aliphatic rings. The van der Waals surface area contributed by atoms with Gasteiger partial charge in [-0.25, -0.2) is 0 Å². The van der Waals surface area contributed by atoms with Crippen LogP contribution in [0.25, 0.3) is 0 Å². The lowest BCUT2D eigenvalue weighted by molar-refractivity contribution is 0.133. The minimum Gasteiger partial charge on any atom is -0.486 e. The second-order valence-corrected chi connectivity index (χ2v) is 6.04. The Balaban J connectivity index is 1.74. The molecule has 2 aliphatic heterocycles. The van der Waals surface area contributed by atoms with Gasteiger partial charge in [-0.3, -0.25) is 4.90 Å². The van der Waals surface area contributed by atoms with Crippen LogP contribution in [0.5, 0.6) is 11.5 Å². The lowest BCUT2D eigenvalue weighted by atomic mass is 9.92. The molecule has 2 heterocycles. The molecule has 2 N–H and O–H groups in total. The highest BCUT2D eigenvalue weighted by molar-refractivity contribution is 5.44. The van der Waals surface area contributed by atoms with E-state index in [-0.39, 0.29) is 0 Å². The van der Waals surface area contributed by atoms with Crippen molar-refractivity contribution < 1.29 is 9.47 Å². The topological polar surface area (TPSA) is 47.7 Å². The van der Waals surface area contributed by atoms with E-state index in [0.717, 1.165) is 30.5 Å². The number of hydrogen-bond donors (Lipinski definition) is 1. The molecular formula is C17H26N2O2. The van der Waals surface area contributed by atoms with Crippen molar-refractivity contribution in [2.45, 2.75) is 32.2 Å². The smallest absolute Gasteiger partial charge is 0.161 e. The van der Waals surface area contributed by atoms with Gasteiger partial charge in [0.25, 0.3) is 0 Å². The summed E-state index contributed by atoms with van der Waals surface area (Å²) < 4.78 is 11.3. The van der Waals surface area contributed by atoms with Gasteiger partial charge >= 0.3 is 0 Å². The molecule has 4 heteroatoms. The van der Waals surface area contributed by atoms with Crippen LogP contribution in [0.1, 0.15) is 37.8 Å². The normalized spacial score (nSPS) is 21.2. The van der Waals surface area contributed by atoms with Gasteiger partial charge in [0.05, 0.1) is 0 Å². The number of nitrogens with zero attached hydrogens (tertiary/aromatic N) is 1. The van der Waals surface area contributed by atoms with Crippen LogP contribution >= 0.6 is 0 Å². The Morgan fingerprint density at radius 2 is 1.90 bits per heavy atom. The van der Waals surface area contributed by atoms with E-state index >= 15 is 0 Å². The summed E-state index contributed by atoms with van der Waals surface area (Å²) in [5.41, 5.74) is 7.31. The number of likely N-dealkylation sites (tertiary alicyclic amines) is 1. The first-order valence-corrected chi connectivity index (χ1v) is 8.15. The third kappa shape index (κ3) is 3.16. The highest BCUT2D eigenvalue weighted by atomic mass is 16.6. The van der Waals surface area contributed by atoms with Gasteiger partial charge < -0.3 is 15.2 Å². The summed E-state index contributed by atoms with van der Waals surface area (Å²) in [6, 6.07) is 6.55. The van der Waals surface area contributed by atoms with Crippen molar-refractivity contribution in [1.29, 1.82) is 0 Å². The van der Waals surface area contributed by atoms with E-state index in [0.29, 0.717) is 25.8 Å². The molecule has 0 amide bonds. The van der Waals surface area contributed by atoms with Gasteiger partial charge in [-0.2, -0.15) is 0 Å². The van der Waals surface area contributed by atoms with Crippen LogP contribution in [-0.2, 0) is 0 Å². The van der Waals surface area contributed by atoms with Crippen LogP contribution < -0.4 is 15.2 Å². The Bertz CT molecular complexity index is 470. The van der Waals surface area contributed by atoms with Crippen molar-refractivity contribution in [2.75, 3.05) is 32.8 Å². The molecule has 1 unspecified atom stereocenters. The Kier molecular flexibility index (Phi) is 4.66. The molecule has 0 saturated carbocycles. The molecule has 1 fully saturated rings. The van der Waals surface area contributed by atoms with E-state index in [9.17, 15) is 0 Å². The molecule has 1 aromatic rings. The quantitative estimate of drug-likeness (QED) is 0.926. The van der Waals surface area contributed by atoms with Crippen molar-refractivity contribution in [3.05, 3.63) is 23.8 Å². The molecule has 1 atom stereocenters. The van der Waals surface area contributed by atoms with E-state index in [1.165, 1.54) is 24.8 Å². The van der Waals surface area contributed by atoms with Crippen molar-refractivity contribution in [3.63, 3.8) is 0 Å². The lowest BCUT2D eigenvalue weighted by Gasteiger charge is -2.37. The summed E-state index contributed by atoms with van der Waals surface area (Å²) in [6.45, 7) is 6.50. The lowest BCUT2D eigenvalue weighted by Crippen LogP contribution is -2.39. The van der Waals surface area contributed by atoms with Gasteiger partial charge in [0, 0.05) is 12.6 Å². The SMILES string of the molecule is CCC1CCN(C(CN)c2ccc3c(c2)OCCO3)CC1. The Morgan fingerprint density at radius 3 is 2.57 bits per heavy atom. The van der Waals surface area contributed by atoms with Crippen molar-refractivity contribution in [3.8, 4) is 11.5 Å². The summed E-state index contributed by atoms with van der Waals surface area (Å²) >= 11 is 0. The Hall–Kier alpha value is -1.26. The molecule has 0 aromatic heterocycles. The van der Waals surface area contributed by atoms with Crippen LogP contribution in [0, 0.1) is 5.92 Å². The van der Waals surface area contributed by atoms with Crippen LogP contribution in [0.2, 0.25) is 0 Å². The average Bonchev–Trinajstić information content (AvgIpc) is 2.56. The van der Waals surface area contributed by atoms with Gasteiger partial charge in [0.1, 0.15) is 13.2 Å². The maximum atomic E-state index is 6.07. The number of benzene rings is 1. The fourth-order valence-corrected chi connectivity index (χ4v) is 3.44. The summed E-state index contributed by atoms with van der Waals surface area (Å²) in [7, 11) is 0. The maximum absolute atomic E-state index is 6.07. The van der Waals surface area contributed by atoms with Crippen LogP contribution in [0.15, 0.2) is 18.2 Å². The molecule has 1 saturated heterocycles. The van der Waals surface area contributed by atoms with Gasteiger partial charge in [-0.15, -0.1) is 0 Å². The monoisotopic (exact) mass is 290 g/mol. The highest BCUT2D eigenvalue weighted by Crippen LogP contribution is 2.35. The molecular weight excluding hydrogens is 264 g/mol. The number of nitrogens with two attached hydrogens (primary N) is 1. The van der Waals surface area contributed by atoms with Crippen LogP contribution in [0.3, 0.4) is 0 Å². The molecule has 3 rings (SSSR count). The van der Waals surface area contributed by atoms with Crippen LogP contribution in [-0.4, -0.2) is 37.7 Å². The Morgan fingerprint density at radius 1 is 1.19 bits per heavy atom. The minimum absolute atomic E-state index is 0.290. The fourth-order valence-electron chi connectivity index (χ4n) is 3.44. The third-order valence-corrected chi connectivity index (χ3v) is 4.84. The summed E-state index contributed by atoms with van der Waals surface area (Å²) in [5.74, 6) is 2.60. The third-order valence-electron chi connectivity index (χ3n) is 4.84. The largest absolute Gasteiger partial charge is 0.486 e. The predicted molar refractivity (Wildman–Crippen MR) is 83.8 cm³/mol. The average molecular weight is 290 g/mol. The van der Waals surface area contributed by atoms with Gasteiger partial charge in [-0.1, -0.05) is 19.4 Å². The molecule has 1 aromatic carbocycles. The van der Waals surface area contributed by atoms with Crippen molar-refractivity contribution in [1.82, 2.24) is 4.90 Å². The summed E-state index contributed by atoms with van der Waals surface area (Å²) in [6.07, 6.45) is 3.88. The van der Waals surface area contributed by atoms with Crippen molar-refractivity contribution >= 4 is 0 Å². The van der Waals surface area contributed by atoms with E-state index in [2.05, 4.69) is 24.0 Å². The summed E-state index contributed by atoms with van der Waals surface area (Å²) in [4.78, 5) is 2.53. The molecule has 21 heavy (non-hydrogen) atoms. The van der Waals surface area contributed by atoms with E-state index < -0.39 is 0 Å². The van der Waals surface area contributed by atoms with E-state index in [1.807, 2.05) is 6.07 Å². The Labute approximate surface area is 127 Å². The maximum Gasteiger partial charge on any atom is 0.161 e. The van der Waals surface area contributed by atoms with Gasteiger partial charge in [-0.05, 0) is 49.5 Å². The number of fused-ring (bicyclic) bond motifs is 1. The molecule has 0 bridgehead atoms. The number of hydrogen-bond acceptors (Lipinski definition) is 4. The minimum atomic E-state index is 0.290. The molecule has 116 valence electrons. The van der Waals surface area contributed by atoms with E-state index in [4.69, 9.17) is 15.2 Å². The van der Waals surface area contributed by atoms with Gasteiger partial charge in [0.15, 0.2) is 11.5 Å². The number of rotatable bonds is 4. The zero-order valence-electron chi connectivity index (χ0n) is 12.9. The molecule has 0 radical (unpaired) electrons. The second-order valence-electron chi connectivity index (χ2n) is 6.04. The number of piperidine rings is 1. The summed E-state index contributed by atoms with van der Waals surface area (Å²) in [5, 5.41) is 0. The number of ether oxygens (including phenoxy) is 2. The predicted octanol–water partition coefficient (Wildman–Crippen LogP) is 2.58. The first-order chi connectivity index (χ1) is 10.3. The molecule has 0 spiro atoms.